The van der Waals surface area contributed by atoms with Crippen LogP contribution in [0.2, 0.25) is 0 Å². The number of rotatable bonds is 4. The normalized spacial score (nSPS) is 15.3. The maximum atomic E-state index is 13.2. The molecule has 0 saturated carbocycles. The minimum absolute atomic E-state index is 0.0894. The highest BCUT2D eigenvalue weighted by atomic mass is 79.9. The van der Waals surface area contributed by atoms with Crippen molar-refractivity contribution >= 4 is 72.8 Å². The Morgan fingerprint density at radius 2 is 1.81 bits per heavy atom. The molecule has 1 saturated heterocycles. The average molecular weight is 519 g/mol. The number of amides is 1. The molecule has 0 spiro atoms. The molecule has 32 heavy (non-hydrogen) atoms. The van der Waals surface area contributed by atoms with Gasteiger partial charge in [0.15, 0.2) is 4.32 Å². The number of nitrogens with zero attached hydrogens (tertiary/aromatic N) is 2. The number of carbonyl (C=O) groups is 1. The summed E-state index contributed by atoms with van der Waals surface area (Å²) in [6, 6.07) is 24.5. The molecule has 1 aromatic heterocycles. The van der Waals surface area contributed by atoms with Crippen molar-refractivity contribution in [2.75, 3.05) is 4.90 Å². The summed E-state index contributed by atoms with van der Waals surface area (Å²) in [5, 5.41) is 1.12. The second-order valence-corrected chi connectivity index (χ2v) is 10.3. The molecular weight excluding hydrogens is 500 g/mol. The zero-order valence-electron chi connectivity index (χ0n) is 17.3. The molecule has 1 aliphatic rings. The fourth-order valence-electron chi connectivity index (χ4n) is 3.86. The number of carbonyl (C=O) groups excluding carboxylic acids is 1. The van der Waals surface area contributed by atoms with Crippen LogP contribution in [0.25, 0.3) is 17.0 Å². The molecule has 4 aromatic rings. The van der Waals surface area contributed by atoms with Gasteiger partial charge < -0.3 is 4.57 Å². The Balaban J connectivity index is 1.52. The van der Waals surface area contributed by atoms with E-state index in [9.17, 15) is 4.79 Å². The molecule has 0 N–H and O–H groups in total. The van der Waals surface area contributed by atoms with E-state index in [-0.39, 0.29) is 5.91 Å². The predicted molar refractivity (Wildman–Crippen MR) is 142 cm³/mol. The van der Waals surface area contributed by atoms with Gasteiger partial charge in [-0.1, -0.05) is 94.0 Å². The second kappa shape index (κ2) is 8.70. The van der Waals surface area contributed by atoms with Crippen LogP contribution in [0.15, 0.2) is 88.4 Å². The fourth-order valence-corrected chi connectivity index (χ4v) is 5.54. The standard InChI is InChI=1S/C26H19BrN2OS2/c1-17-9-11-18(12-10-17)15-28-16-19(22-7-2-3-8-23(22)28)13-24-25(30)29(26(31)32-24)21-6-4-5-20(27)14-21/h2-14,16H,15H2,1H3/b24-13-. The van der Waals surface area contributed by atoms with E-state index < -0.39 is 0 Å². The molecule has 2 heterocycles. The number of benzene rings is 3. The summed E-state index contributed by atoms with van der Waals surface area (Å²) < 4.78 is 3.69. The third-order valence-electron chi connectivity index (χ3n) is 5.44. The van der Waals surface area contributed by atoms with Crippen LogP contribution in [0.3, 0.4) is 0 Å². The number of hydrogen-bond acceptors (Lipinski definition) is 3. The maximum Gasteiger partial charge on any atom is 0.270 e. The quantitative estimate of drug-likeness (QED) is 0.211. The van der Waals surface area contributed by atoms with Crippen LogP contribution < -0.4 is 4.90 Å². The van der Waals surface area contributed by atoms with Gasteiger partial charge in [0.1, 0.15) is 0 Å². The summed E-state index contributed by atoms with van der Waals surface area (Å²) in [6.07, 6.45) is 4.08. The van der Waals surface area contributed by atoms with E-state index in [1.807, 2.05) is 42.5 Å². The first-order valence-corrected chi connectivity index (χ1v) is 12.2. The van der Waals surface area contributed by atoms with E-state index in [2.05, 4.69) is 70.0 Å². The first-order valence-electron chi connectivity index (χ1n) is 10.2. The topological polar surface area (TPSA) is 25.2 Å². The lowest BCUT2D eigenvalue weighted by atomic mass is 10.1. The first-order chi connectivity index (χ1) is 15.5. The lowest BCUT2D eigenvalue weighted by Crippen LogP contribution is -2.27. The summed E-state index contributed by atoms with van der Waals surface area (Å²) in [4.78, 5) is 15.5. The lowest BCUT2D eigenvalue weighted by molar-refractivity contribution is -0.113. The fraction of sp³-hybridized carbons (Fsp3) is 0.0769. The van der Waals surface area contributed by atoms with Crippen LogP contribution in [-0.4, -0.2) is 14.8 Å². The van der Waals surface area contributed by atoms with Crippen molar-refractivity contribution < 1.29 is 4.79 Å². The smallest absolute Gasteiger partial charge is 0.270 e. The molecule has 5 rings (SSSR count). The van der Waals surface area contributed by atoms with Gasteiger partial charge in [-0.25, -0.2) is 0 Å². The zero-order valence-corrected chi connectivity index (χ0v) is 20.5. The molecule has 0 unspecified atom stereocenters. The van der Waals surface area contributed by atoms with Crippen LogP contribution in [0.1, 0.15) is 16.7 Å². The van der Waals surface area contributed by atoms with Gasteiger partial charge in [-0.05, 0) is 42.8 Å². The second-order valence-electron chi connectivity index (χ2n) is 7.71. The third-order valence-corrected chi connectivity index (χ3v) is 7.24. The minimum Gasteiger partial charge on any atom is -0.342 e. The Morgan fingerprint density at radius 1 is 1.03 bits per heavy atom. The van der Waals surface area contributed by atoms with Gasteiger partial charge in [-0.3, -0.25) is 9.69 Å². The molecule has 3 aromatic carbocycles. The Morgan fingerprint density at radius 3 is 2.59 bits per heavy atom. The lowest BCUT2D eigenvalue weighted by Gasteiger charge is -2.14. The maximum absolute atomic E-state index is 13.2. The Labute approximate surface area is 204 Å². The van der Waals surface area contributed by atoms with Crippen molar-refractivity contribution in [1.82, 2.24) is 4.57 Å². The minimum atomic E-state index is -0.0894. The monoisotopic (exact) mass is 518 g/mol. The molecule has 1 fully saturated rings. The van der Waals surface area contributed by atoms with Gasteiger partial charge in [-0.15, -0.1) is 0 Å². The number of anilines is 1. The van der Waals surface area contributed by atoms with Gasteiger partial charge in [0.2, 0.25) is 0 Å². The molecule has 3 nitrogen and oxygen atoms in total. The van der Waals surface area contributed by atoms with Crippen LogP contribution in [0.5, 0.6) is 0 Å². The summed E-state index contributed by atoms with van der Waals surface area (Å²) in [5.41, 5.74) is 5.42. The first kappa shape index (κ1) is 21.2. The number of fused-ring (bicyclic) bond motifs is 1. The van der Waals surface area contributed by atoms with Crippen molar-refractivity contribution in [3.8, 4) is 0 Å². The van der Waals surface area contributed by atoms with Gasteiger partial charge in [0, 0.05) is 33.7 Å². The summed E-state index contributed by atoms with van der Waals surface area (Å²) in [7, 11) is 0. The molecule has 158 valence electrons. The molecule has 1 aliphatic heterocycles. The number of thioether (sulfide) groups is 1. The van der Waals surface area contributed by atoms with E-state index in [1.165, 1.54) is 22.9 Å². The number of para-hydroxylation sites is 1. The van der Waals surface area contributed by atoms with E-state index in [0.717, 1.165) is 33.2 Å². The van der Waals surface area contributed by atoms with Crippen molar-refractivity contribution in [3.05, 3.63) is 105 Å². The zero-order chi connectivity index (χ0) is 22.2. The van der Waals surface area contributed by atoms with Gasteiger partial charge in [0.25, 0.3) is 5.91 Å². The van der Waals surface area contributed by atoms with Gasteiger partial charge in [0.05, 0.1) is 10.6 Å². The summed E-state index contributed by atoms with van der Waals surface area (Å²) >= 11 is 10.4. The van der Waals surface area contributed by atoms with E-state index in [1.54, 1.807) is 4.90 Å². The van der Waals surface area contributed by atoms with Crippen LogP contribution in [-0.2, 0) is 11.3 Å². The molecule has 1 amide bonds. The predicted octanol–water partition coefficient (Wildman–Crippen LogP) is 7.17. The molecule has 0 radical (unpaired) electrons. The van der Waals surface area contributed by atoms with E-state index >= 15 is 0 Å². The van der Waals surface area contributed by atoms with Crippen molar-refractivity contribution in [2.45, 2.75) is 13.5 Å². The number of aromatic nitrogens is 1. The number of aryl methyl sites for hydroxylation is 1. The van der Waals surface area contributed by atoms with Crippen molar-refractivity contribution in [2.24, 2.45) is 0 Å². The highest BCUT2D eigenvalue weighted by molar-refractivity contribution is 9.10. The third kappa shape index (κ3) is 4.06. The molecular formula is C26H19BrN2OS2. The average Bonchev–Trinajstić information content (AvgIpc) is 3.26. The molecule has 0 atom stereocenters. The van der Waals surface area contributed by atoms with Crippen LogP contribution in [0, 0.1) is 6.92 Å². The number of halogens is 1. The Bertz CT molecular complexity index is 1390. The van der Waals surface area contributed by atoms with Crippen molar-refractivity contribution in [3.63, 3.8) is 0 Å². The highest BCUT2D eigenvalue weighted by Crippen LogP contribution is 2.37. The summed E-state index contributed by atoms with van der Waals surface area (Å²) in [6.45, 7) is 2.87. The largest absolute Gasteiger partial charge is 0.342 e. The van der Waals surface area contributed by atoms with E-state index in [4.69, 9.17) is 12.2 Å². The van der Waals surface area contributed by atoms with Crippen LogP contribution >= 0.6 is 39.9 Å². The molecule has 0 aliphatic carbocycles. The van der Waals surface area contributed by atoms with Gasteiger partial charge >= 0.3 is 0 Å². The SMILES string of the molecule is Cc1ccc(Cn2cc(/C=C3\SC(=S)N(c4cccc(Br)c4)C3=O)c3ccccc32)cc1. The Hall–Kier alpha value is -2.67. The molecule has 6 heteroatoms. The van der Waals surface area contributed by atoms with Crippen molar-refractivity contribution in [1.29, 1.82) is 0 Å². The molecule has 0 bridgehead atoms. The van der Waals surface area contributed by atoms with E-state index in [0.29, 0.717) is 9.23 Å². The Kier molecular flexibility index (Phi) is 5.76. The number of hydrogen-bond donors (Lipinski definition) is 0. The highest BCUT2D eigenvalue weighted by Gasteiger charge is 2.33. The van der Waals surface area contributed by atoms with Crippen LogP contribution in [0.4, 0.5) is 5.69 Å². The van der Waals surface area contributed by atoms with Gasteiger partial charge in [-0.2, -0.15) is 0 Å². The summed E-state index contributed by atoms with van der Waals surface area (Å²) in [5.74, 6) is -0.0894. The number of thiocarbonyl (C=S) groups is 1.